The Labute approximate surface area is 119 Å². The SMILES string of the molecule is CCc1nnc(COc2ccc(Br)cc2[C@@H](C)O)o1. The van der Waals surface area contributed by atoms with Crippen molar-refractivity contribution in [3.05, 3.63) is 40.0 Å². The fraction of sp³-hybridized carbons (Fsp3) is 0.385. The molecule has 1 aromatic heterocycles. The summed E-state index contributed by atoms with van der Waals surface area (Å²) in [5, 5.41) is 17.5. The van der Waals surface area contributed by atoms with Crippen molar-refractivity contribution >= 4 is 15.9 Å². The number of hydrogen-bond donors (Lipinski definition) is 1. The average Bonchev–Trinajstić information content (AvgIpc) is 2.85. The number of aromatic nitrogens is 2. The summed E-state index contributed by atoms with van der Waals surface area (Å²) in [6.45, 7) is 3.82. The lowest BCUT2D eigenvalue weighted by atomic mass is 10.1. The summed E-state index contributed by atoms with van der Waals surface area (Å²) < 4.78 is 11.9. The molecule has 0 aliphatic heterocycles. The number of rotatable bonds is 5. The van der Waals surface area contributed by atoms with Gasteiger partial charge in [0.1, 0.15) is 5.75 Å². The predicted octanol–water partition coefficient (Wildman–Crippen LogP) is 3.03. The van der Waals surface area contributed by atoms with Crippen molar-refractivity contribution in [3.8, 4) is 5.75 Å². The first-order valence-electron chi connectivity index (χ1n) is 6.01. The third-order valence-electron chi connectivity index (χ3n) is 2.58. The monoisotopic (exact) mass is 326 g/mol. The summed E-state index contributed by atoms with van der Waals surface area (Å²) in [5.41, 5.74) is 0.713. The van der Waals surface area contributed by atoms with E-state index in [2.05, 4.69) is 26.1 Å². The van der Waals surface area contributed by atoms with Gasteiger partial charge < -0.3 is 14.3 Å². The molecule has 0 unspecified atom stereocenters. The van der Waals surface area contributed by atoms with E-state index in [0.717, 1.165) is 4.47 Å². The topological polar surface area (TPSA) is 68.4 Å². The first-order chi connectivity index (χ1) is 9.10. The van der Waals surface area contributed by atoms with Crippen molar-refractivity contribution in [2.75, 3.05) is 0 Å². The molecule has 1 heterocycles. The normalized spacial score (nSPS) is 12.4. The van der Waals surface area contributed by atoms with Gasteiger partial charge in [-0.2, -0.15) is 0 Å². The largest absolute Gasteiger partial charge is 0.483 e. The smallest absolute Gasteiger partial charge is 0.253 e. The third kappa shape index (κ3) is 3.54. The highest BCUT2D eigenvalue weighted by Gasteiger charge is 2.12. The van der Waals surface area contributed by atoms with Crippen LogP contribution in [0.2, 0.25) is 0 Å². The second-order valence-corrected chi connectivity index (χ2v) is 5.01. The second-order valence-electron chi connectivity index (χ2n) is 4.09. The number of halogens is 1. The van der Waals surface area contributed by atoms with Crippen LogP contribution in [-0.2, 0) is 13.0 Å². The molecule has 0 saturated heterocycles. The van der Waals surface area contributed by atoms with E-state index in [4.69, 9.17) is 9.15 Å². The zero-order valence-electron chi connectivity index (χ0n) is 10.8. The van der Waals surface area contributed by atoms with Gasteiger partial charge >= 0.3 is 0 Å². The Bertz CT molecular complexity index is 555. The quantitative estimate of drug-likeness (QED) is 0.914. The van der Waals surface area contributed by atoms with Crippen LogP contribution < -0.4 is 4.74 Å². The molecule has 0 saturated carbocycles. The molecule has 6 heteroatoms. The van der Waals surface area contributed by atoms with Gasteiger partial charge in [-0.1, -0.05) is 22.9 Å². The van der Waals surface area contributed by atoms with Gasteiger partial charge in [-0.25, -0.2) is 0 Å². The molecule has 1 aromatic carbocycles. The second kappa shape index (κ2) is 6.16. The van der Waals surface area contributed by atoms with E-state index in [0.29, 0.717) is 29.5 Å². The van der Waals surface area contributed by atoms with Crippen LogP contribution in [0.4, 0.5) is 0 Å². The van der Waals surface area contributed by atoms with Gasteiger partial charge in [0.2, 0.25) is 5.89 Å². The van der Waals surface area contributed by atoms with Crippen LogP contribution in [0.25, 0.3) is 0 Å². The van der Waals surface area contributed by atoms with Gasteiger partial charge in [0.25, 0.3) is 5.89 Å². The van der Waals surface area contributed by atoms with Crippen LogP contribution in [0.15, 0.2) is 27.1 Å². The lowest BCUT2D eigenvalue weighted by Crippen LogP contribution is -2.01. The fourth-order valence-corrected chi connectivity index (χ4v) is 1.99. The lowest BCUT2D eigenvalue weighted by Gasteiger charge is -2.12. The molecule has 102 valence electrons. The van der Waals surface area contributed by atoms with E-state index in [1.165, 1.54) is 0 Å². The van der Waals surface area contributed by atoms with E-state index in [9.17, 15) is 5.11 Å². The van der Waals surface area contributed by atoms with Crippen LogP contribution in [0.5, 0.6) is 5.75 Å². The molecule has 0 spiro atoms. The number of aliphatic hydroxyl groups excluding tert-OH is 1. The Morgan fingerprint density at radius 1 is 1.37 bits per heavy atom. The first-order valence-corrected chi connectivity index (χ1v) is 6.81. The van der Waals surface area contributed by atoms with Crippen molar-refractivity contribution in [1.82, 2.24) is 10.2 Å². The maximum Gasteiger partial charge on any atom is 0.253 e. The zero-order chi connectivity index (χ0) is 13.8. The van der Waals surface area contributed by atoms with Gasteiger partial charge in [-0.05, 0) is 25.1 Å². The molecule has 0 amide bonds. The minimum Gasteiger partial charge on any atom is -0.483 e. The number of ether oxygens (including phenoxy) is 1. The van der Waals surface area contributed by atoms with Crippen molar-refractivity contribution in [3.63, 3.8) is 0 Å². The maximum atomic E-state index is 9.72. The third-order valence-corrected chi connectivity index (χ3v) is 3.08. The van der Waals surface area contributed by atoms with Crippen LogP contribution in [-0.4, -0.2) is 15.3 Å². The van der Waals surface area contributed by atoms with Crippen LogP contribution in [0, 0.1) is 0 Å². The number of nitrogens with zero attached hydrogens (tertiary/aromatic N) is 2. The number of hydrogen-bond acceptors (Lipinski definition) is 5. The van der Waals surface area contributed by atoms with Crippen molar-refractivity contribution in [2.24, 2.45) is 0 Å². The van der Waals surface area contributed by atoms with Gasteiger partial charge in [0.05, 0.1) is 6.10 Å². The van der Waals surface area contributed by atoms with Gasteiger partial charge in [0.15, 0.2) is 6.61 Å². The molecular weight excluding hydrogens is 312 g/mol. The van der Waals surface area contributed by atoms with E-state index < -0.39 is 6.10 Å². The zero-order valence-corrected chi connectivity index (χ0v) is 12.3. The van der Waals surface area contributed by atoms with Crippen molar-refractivity contribution in [1.29, 1.82) is 0 Å². The lowest BCUT2D eigenvalue weighted by molar-refractivity contribution is 0.186. The van der Waals surface area contributed by atoms with Gasteiger partial charge in [-0.15, -0.1) is 10.2 Å². The van der Waals surface area contributed by atoms with E-state index >= 15 is 0 Å². The van der Waals surface area contributed by atoms with Gasteiger partial charge in [0, 0.05) is 16.5 Å². The molecule has 19 heavy (non-hydrogen) atoms. The van der Waals surface area contributed by atoms with E-state index in [-0.39, 0.29) is 6.61 Å². The summed E-state index contributed by atoms with van der Waals surface area (Å²) in [7, 11) is 0. The Hall–Kier alpha value is -1.40. The van der Waals surface area contributed by atoms with E-state index in [1.54, 1.807) is 13.0 Å². The first kappa shape index (κ1) is 14.0. The van der Waals surface area contributed by atoms with Crippen LogP contribution in [0.3, 0.4) is 0 Å². The summed E-state index contributed by atoms with van der Waals surface area (Å²) in [4.78, 5) is 0. The Morgan fingerprint density at radius 2 is 2.11 bits per heavy atom. The summed E-state index contributed by atoms with van der Waals surface area (Å²) in [6, 6.07) is 5.47. The minimum atomic E-state index is -0.610. The number of aliphatic hydroxyl groups is 1. The fourth-order valence-electron chi connectivity index (χ4n) is 1.61. The highest BCUT2D eigenvalue weighted by molar-refractivity contribution is 9.10. The van der Waals surface area contributed by atoms with Crippen LogP contribution >= 0.6 is 15.9 Å². The molecular formula is C13H15BrN2O3. The Morgan fingerprint density at radius 3 is 2.74 bits per heavy atom. The summed E-state index contributed by atoms with van der Waals surface area (Å²) in [6.07, 6.45) is 0.0888. The molecule has 5 nitrogen and oxygen atoms in total. The van der Waals surface area contributed by atoms with Crippen molar-refractivity contribution < 1.29 is 14.3 Å². The molecule has 0 bridgehead atoms. The minimum absolute atomic E-state index is 0.189. The number of aryl methyl sites for hydroxylation is 1. The molecule has 1 N–H and O–H groups in total. The molecule has 2 rings (SSSR count). The molecule has 0 aliphatic carbocycles. The predicted molar refractivity (Wildman–Crippen MR) is 72.8 cm³/mol. The standard InChI is InChI=1S/C13H15BrN2O3/c1-3-12-15-16-13(19-12)7-18-11-5-4-9(14)6-10(11)8(2)17/h4-6,8,17H,3,7H2,1-2H3/t8-/m1/s1. The highest BCUT2D eigenvalue weighted by atomic mass is 79.9. The summed E-state index contributed by atoms with van der Waals surface area (Å²) in [5.74, 6) is 1.62. The summed E-state index contributed by atoms with van der Waals surface area (Å²) >= 11 is 3.37. The molecule has 0 aliphatic rings. The highest BCUT2D eigenvalue weighted by Crippen LogP contribution is 2.29. The molecule has 1 atom stereocenters. The molecule has 2 aromatic rings. The average molecular weight is 327 g/mol. The Balaban J connectivity index is 2.10. The molecule has 0 radical (unpaired) electrons. The van der Waals surface area contributed by atoms with E-state index in [1.807, 2.05) is 19.1 Å². The number of benzene rings is 1. The van der Waals surface area contributed by atoms with Gasteiger partial charge in [-0.3, -0.25) is 0 Å². The van der Waals surface area contributed by atoms with Crippen molar-refractivity contribution in [2.45, 2.75) is 33.0 Å². The Kier molecular flexibility index (Phi) is 4.55. The maximum absolute atomic E-state index is 9.72. The van der Waals surface area contributed by atoms with Crippen LogP contribution in [0.1, 0.15) is 37.3 Å². The molecule has 0 fully saturated rings.